The smallest absolute Gasteiger partial charge is 0.319 e. The lowest BCUT2D eigenvalue weighted by Crippen LogP contribution is -2.45. The first kappa shape index (κ1) is 16.8. The summed E-state index contributed by atoms with van der Waals surface area (Å²) in [5.41, 5.74) is 3.86. The van der Waals surface area contributed by atoms with E-state index in [2.05, 4.69) is 22.9 Å². The van der Waals surface area contributed by atoms with Gasteiger partial charge < -0.3 is 16.0 Å². The maximum atomic E-state index is 12.8. The Kier molecular flexibility index (Phi) is 4.84. The summed E-state index contributed by atoms with van der Waals surface area (Å²) in [5.74, 6) is -0.235. The molecule has 0 bridgehead atoms. The quantitative estimate of drug-likeness (QED) is 0.800. The number of amides is 3. The summed E-state index contributed by atoms with van der Waals surface area (Å²) in [6.45, 7) is 3.83. The Morgan fingerprint density at radius 3 is 2.40 bits per heavy atom. The number of carbonyl (C=O) groups is 2. The predicted octanol–water partition coefficient (Wildman–Crippen LogP) is 3.52. The number of nitrogens with one attached hydrogen (secondary N) is 3. The average Bonchev–Trinajstić information content (AvgIpc) is 2.62. The molecule has 0 aliphatic carbocycles. The summed E-state index contributed by atoms with van der Waals surface area (Å²) in [6, 6.07) is 16.4. The third kappa shape index (κ3) is 3.71. The van der Waals surface area contributed by atoms with Gasteiger partial charge in [-0.15, -0.1) is 0 Å². The van der Waals surface area contributed by atoms with Crippen molar-refractivity contribution in [1.29, 1.82) is 0 Å². The molecule has 5 heteroatoms. The Labute approximate surface area is 147 Å². The Morgan fingerprint density at radius 2 is 1.76 bits per heavy atom. The average molecular weight is 335 g/mol. The monoisotopic (exact) mass is 335 g/mol. The van der Waals surface area contributed by atoms with Gasteiger partial charge in [0.25, 0.3) is 5.91 Å². The third-order valence-electron chi connectivity index (χ3n) is 4.27. The molecule has 1 aliphatic rings. The number of hydrogen-bond acceptors (Lipinski definition) is 2. The van der Waals surface area contributed by atoms with Crippen molar-refractivity contribution in [1.82, 2.24) is 10.6 Å². The van der Waals surface area contributed by atoms with E-state index in [9.17, 15) is 9.59 Å². The SMILES string of the molecule is CCc1ccc(C2NC(=O)NC(C)=C2C(=O)Nc2ccccc2)cc1. The van der Waals surface area contributed by atoms with Crippen LogP contribution in [0.2, 0.25) is 0 Å². The van der Waals surface area contributed by atoms with Gasteiger partial charge >= 0.3 is 6.03 Å². The highest BCUT2D eigenvalue weighted by atomic mass is 16.2. The number of carbonyl (C=O) groups excluding carboxylic acids is 2. The molecule has 3 amide bonds. The summed E-state index contributed by atoms with van der Waals surface area (Å²) < 4.78 is 0. The minimum absolute atomic E-state index is 0.235. The zero-order valence-corrected chi connectivity index (χ0v) is 14.3. The predicted molar refractivity (Wildman–Crippen MR) is 98.0 cm³/mol. The maximum absolute atomic E-state index is 12.8. The summed E-state index contributed by atoms with van der Waals surface area (Å²) in [7, 11) is 0. The number of aryl methyl sites for hydroxylation is 1. The number of allylic oxidation sites excluding steroid dienone is 1. The number of anilines is 1. The molecule has 3 rings (SSSR count). The van der Waals surface area contributed by atoms with Crippen LogP contribution >= 0.6 is 0 Å². The van der Waals surface area contributed by atoms with Crippen LogP contribution in [-0.2, 0) is 11.2 Å². The van der Waals surface area contributed by atoms with E-state index in [1.807, 2.05) is 54.6 Å². The number of benzene rings is 2. The standard InChI is InChI=1S/C20H21N3O2/c1-3-14-9-11-15(12-10-14)18-17(13(2)21-20(25)23-18)19(24)22-16-7-5-4-6-8-16/h4-12,18H,3H2,1-2H3,(H,22,24)(H2,21,23,25). The highest BCUT2D eigenvalue weighted by Crippen LogP contribution is 2.28. The van der Waals surface area contributed by atoms with Gasteiger partial charge in [-0.05, 0) is 36.6 Å². The lowest BCUT2D eigenvalue weighted by atomic mass is 9.94. The van der Waals surface area contributed by atoms with Crippen molar-refractivity contribution in [3.05, 3.63) is 77.0 Å². The van der Waals surface area contributed by atoms with E-state index in [-0.39, 0.29) is 11.9 Å². The second-order valence-electron chi connectivity index (χ2n) is 5.99. The molecule has 1 unspecified atom stereocenters. The van der Waals surface area contributed by atoms with Crippen molar-refractivity contribution in [3.8, 4) is 0 Å². The van der Waals surface area contributed by atoms with Crippen molar-refractivity contribution in [2.24, 2.45) is 0 Å². The molecule has 5 nitrogen and oxygen atoms in total. The highest BCUT2D eigenvalue weighted by molar-refractivity contribution is 6.06. The van der Waals surface area contributed by atoms with Crippen molar-refractivity contribution in [3.63, 3.8) is 0 Å². The molecule has 0 fully saturated rings. The van der Waals surface area contributed by atoms with Gasteiger partial charge in [0.2, 0.25) is 0 Å². The van der Waals surface area contributed by atoms with Gasteiger partial charge in [-0.3, -0.25) is 4.79 Å². The number of rotatable bonds is 4. The van der Waals surface area contributed by atoms with Crippen LogP contribution < -0.4 is 16.0 Å². The molecule has 0 spiro atoms. The molecule has 128 valence electrons. The van der Waals surface area contributed by atoms with Crippen LogP contribution in [0.5, 0.6) is 0 Å². The van der Waals surface area contributed by atoms with E-state index in [1.54, 1.807) is 6.92 Å². The fraction of sp³-hybridized carbons (Fsp3) is 0.200. The van der Waals surface area contributed by atoms with Gasteiger partial charge in [0.05, 0.1) is 11.6 Å². The molecule has 0 radical (unpaired) electrons. The summed E-state index contributed by atoms with van der Waals surface area (Å²) in [6.07, 6.45) is 0.940. The molecule has 3 N–H and O–H groups in total. The van der Waals surface area contributed by atoms with Crippen molar-refractivity contribution >= 4 is 17.6 Å². The zero-order valence-electron chi connectivity index (χ0n) is 14.3. The van der Waals surface area contributed by atoms with E-state index in [0.717, 1.165) is 12.0 Å². The fourth-order valence-corrected chi connectivity index (χ4v) is 2.91. The molecular weight excluding hydrogens is 314 g/mol. The van der Waals surface area contributed by atoms with E-state index in [0.29, 0.717) is 17.0 Å². The number of para-hydroxylation sites is 1. The Bertz CT molecular complexity index is 811. The Morgan fingerprint density at radius 1 is 1.08 bits per heavy atom. The first-order chi connectivity index (χ1) is 12.1. The summed E-state index contributed by atoms with van der Waals surface area (Å²) in [5, 5.41) is 8.43. The van der Waals surface area contributed by atoms with E-state index < -0.39 is 6.04 Å². The molecule has 2 aromatic carbocycles. The second kappa shape index (κ2) is 7.21. The van der Waals surface area contributed by atoms with Gasteiger partial charge in [-0.1, -0.05) is 49.4 Å². The van der Waals surface area contributed by atoms with Crippen molar-refractivity contribution in [2.45, 2.75) is 26.3 Å². The largest absolute Gasteiger partial charge is 0.327 e. The van der Waals surface area contributed by atoms with Gasteiger partial charge in [-0.25, -0.2) is 4.79 Å². The third-order valence-corrected chi connectivity index (χ3v) is 4.27. The van der Waals surface area contributed by atoms with E-state index >= 15 is 0 Å². The van der Waals surface area contributed by atoms with Crippen LogP contribution in [0.1, 0.15) is 31.0 Å². The second-order valence-corrected chi connectivity index (χ2v) is 5.99. The van der Waals surface area contributed by atoms with Crippen LogP contribution in [0.15, 0.2) is 65.9 Å². The molecule has 1 atom stereocenters. The zero-order chi connectivity index (χ0) is 17.8. The van der Waals surface area contributed by atoms with Crippen LogP contribution in [-0.4, -0.2) is 11.9 Å². The van der Waals surface area contributed by atoms with Gasteiger partial charge in [-0.2, -0.15) is 0 Å². The lowest BCUT2D eigenvalue weighted by Gasteiger charge is -2.28. The van der Waals surface area contributed by atoms with Crippen LogP contribution in [0.4, 0.5) is 10.5 Å². The lowest BCUT2D eigenvalue weighted by molar-refractivity contribution is -0.113. The Hall–Kier alpha value is -3.08. The summed E-state index contributed by atoms with van der Waals surface area (Å²) in [4.78, 5) is 24.7. The minimum atomic E-state index is -0.483. The number of urea groups is 1. The highest BCUT2D eigenvalue weighted by Gasteiger charge is 2.31. The van der Waals surface area contributed by atoms with Gasteiger partial charge in [0.15, 0.2) is 0 Å². The van der Waals surface area contributed by atoms with Crippen LogP contribution in [0, 0.1) is 0 Å². The van der Waals surface area contributed by atoms with E-state index in [4.69, 9.17) is 0 Å². The maximum Gasteiger partial charge on any atom is 0.319 e. The Balaban J connectivity index is 1.93. The molecule has 2 aromatic rings. The molecule has 1 heterocycles. The van der Waals surface area contributed by atoms with Crippen LogP contribution in [0.3, 0.4) is 0 Å². The van der Waals surface area contributed by atoms with Gasteiger partial charge in [0.1, 0.15) is 0 Å². The van der Waals surface area contributed by atoms with E-state index in [1.165, 1.54) is 5.56 Å². The molecule has 0 saturated heterocycles. The summed E-state index contributed by atoms with van der Waals surface area (Å²) >= 11 is 0. The molecule has 25 heavy (non-hydrogen) atoms. The molecule has 0 saturated carbocycles. The molecular formula is C20H21N3O2. The molecule has 1 aliphatic heterocycles. The first-order valence-electron chi connectivity index (χ1n) is 8.32. The van der Waals surface area contributed by atoms with Crippen molar-refractivity contribution < 1.29 is 9.59 Å². The van der Waals surface area contributed by atoms with Gasteiger partial charge in [0, 0.05) is 11.4 Å². The normalized spacial score (nSPS) is 16.9. The molecule has 0 aromatic heterocycles. The minimum Gasteiger partial charge on any atom is -0.327 e. The topological polar surface area (TPSA) is 70.2 Å². The number of hydrogen-bond donors (Lipinski definition) is 3. The van der Waals surface area contributed by atoms with Crippen LogP contribution in [0.25, 0.3) is 0 Å². The first-order valence-corrected chi connectivity index (χ1v) is 8.32. The fourth-order valence-electron chi connectivity index (χ4n) is 2.91. The van der Waals surface area contributed by atoms with Crippen molar-refractivity contribution in [2.75, 3.05) is 5.32 Å².